The summed E-state index contributed by atoms with van der Waals surface area (Å²) < 4.78 is 28.7. The lowest BCUT2D eigenvalue weighted by Crippen LogP contribution is -2.28. The molecular weight excluding hydrogens is 332 g/mol. The predicted molar refractivity (Wildman–Crippen MR) is 85.0 cm³/mol. The maximum atomic E-state index is 14.2. The summed E-state index contributed by atoms with van der Waals surface area (Å²) in [4.78, 5) is 15.9. The van der Waals surface area contributed by atoms with Crippen molar-refractivity contribution in [3.05, 3.63) is 41.5 Å². The molecule has 1 saturated carbocycles. The van der Waals surface area contributed by atoms with Crippen LogP contribution in [-0.4, -0.2) is 45.0 Å². The van der Waals surface area contributed by atoms with E-state index in [4.69, 9.17) is 5.73 Å². The van der Waals surface area contributed by atoms with E-state index in [1.54, 1.807) is 0 Å². The third-order valence-corrected chi connectivity index (χ3v) is 4.35. The lowest BCUT2D eigenvalue weighted by atomic mass is 10.1. The number of halogens is 2. The van der Waals surface area contributed by atoms with Gasteiger partial charge in [-0.1, -0.05) is 0 Å². The largest absolute Gasteiger partial charge is 0.391 e. The number of likely N-dealkylation sites (N-methyl/N-ethyl adjacent to an activating group) is 1. The molecule has 3 rings (SSSR count). The number of carbonyl (C=O) groups is 1. The fourth-order valence-corrected chi connectivity index (χ4v) is 3.03. The Morgan fingerprint density at radius 1 is 1.44 bits per heavy atom. The van der Waals surface area contributed by atoms with Crippen LogP contribution in [0.25, 0.3) is 5.69 Å². The number of benzene rings is 1. The van der Waals surface area contributed by atoms with Gasteiger partial charge in [0, 0.05) is 25.1 Å². The Hall–Kier alpha value is -2.39. The van der Waals surface area contributed by atoms with Gasteiger partial charge >= 0.3 is 0 Å². The molecular formula is C16H19F2N5O2. The summed E-state index contributed by atoms with van der Waals surface area (Å²) in [5, 5.41) is 16.6. The van der Waals surface area contributed by atoms with Crippen molar-refractivity contribution in [2.24, 2.45) is 5.73 Å². The highest BCUT2D eigenvalue weighted by molar-refractivity contribution is 5.77. The first-order valence-corrected chi connectivity index (χ1v) is 7.94. The van der Waals surface area contributed by atoms with Gasteiger partial charge < -0.3 is 16.2 Å². The van der Waals surface area contributed by atoms with Crippen molar-refractivity contribution in [3.8, 4) is 5.69 Å². The van der Waals surface area contributed by atoms with E-state index in [2.05, 4.69) is 15.4 Å². The standard InChI is InChI=1S/C16H19F2N5O2/c1-20-15(25)7-14-21-16(8-4-11(19)13(24)5-8)23(22-14)12-3-2-9(17)6-10(12)18/h2-3,6,8,11,13,24H,4-5,7,19H2,1H3,(H,20,25)/t8-,11-,13-/m0/s1. The Morgan fingerprint density at radius 2 is 2.20 bits per heavy atom. The van der Waals surface area contributed by atoms with Gasteiger partial charge in [-0.3, -0.25) is 4.79 Å². The van der Waals surface area contributed by atoms with Crippen LogP contribution in [0.15, 0.2) is 18.2 Å². The fourth-order valence-electron chi connectivity index (χ4n) is 3.03. The lowest BCUT2D eigenvalue weighted by Gasteiger charge is -2.11. The molecule has 1 heterocycles. The molecule has 7 nitrogen and oxygen atoms in total. The van der Waals surface area contributed by atoms with Gasteiger partial charge in [0.1, 0.15) is 17.3 Å². The number of nitrogens with one attached hydrogen (secondary N) is 1. The second-order valence-corrected chi connectivity index (χ2v) is 6.14. The summed E-state index contributed by atoms with van der Waals surface area (Å²) in [5.41, 5.74) is 5.89. The summed E-state index contributed by atoms with van der Waals surface area (Å²) in [5.74, 6) is -1.40. The van der Waals surface area contributed by atoms with Crippen LogP contribution in [0.4, 0.5) is 8.78 Å². The van der Waals surface area contributed by atoms with Crippen LogP contribution >= 0.6 is 0 Å². The second kappa shape index (κ2) is 6.85. The molecule has 1 aromatic carbocycles. The predicted octanol–water partition coefficient (Wildman–Crippen LogP) is 0.400. The average molecular weight is 351 g/mol. The van der Waals surface area contributed by atoms with Crippen molar-refractivity contribution < 1.29 is 18.7 Å². The molecule has 1 amide bonds. The molecule has 0 saturated heterocycles. The zero-order valence-electron chi connectivity index (χ0n) is 13.6. The van der Waals surface area contributed by atoms with E-state index in [1.165, 1.54) is 17.8 Å². The molecule has 0 unspecified atom stereocenters. The van der Waals surface area contributed by atoms with Gasteiger partial charge in [-0.2, -0.15) is 5.10 Å². The van der Waals surface area contributed by atoms with Crippen LogP contribution in [0, 0.1) is 11.6 Å². The molecule has 0 aliphatic heterocycles. The van der Waals surface area contributed by atoms with Crippen molar-refractivity contribution in [3.63, 3.8) is 0 Å². The molecule has 4 N–H and O–H groups in total. The van der Waals surface area contributed by atoms with Crippen molar-refractivity contribution in [1.29, 1.82) is 0 Å². The Balaban J connectivity index is 2.04. The quantitative estimate of drug-likeness (QED) is 0.739. The zero-order chi connectivity index (χ0) is 18.1. The van der Waals surface area contributed by atoms with Crippen molar-refractivity contribution in [2.75, 3.05) is 7.05 Å². The van der Waals surface area contributed by atoms with Gasteiger partial charge in [0.2, 0.25) is 5.91 Å². The molecule has 0 radical (unpaired) electrons. The van der Waals surface area contributed by atoms with E-state index >= 15 is 0 Å². The molecule has 3 atom stereocenters. The van der Waals surface area contributed by atoms with Gasteiger partial charge in [-0.15, -0.1) is 0 Å². The lowest BCUT2D eigenvalue weighted by molar-refractivity contribution is -0.120. The molecule has 0 bridgehead atoms. The SMILES string of the molecule is CNC(=O)Cc1nc([C@H]2C[C@H](N)[C@@H](O)C2)n(-c2ccc(F)cc2F)n1. The zero-order valence-corrected chi connectivity index (χ0v) is 13.6. The number of amides is 1. The average Bonchev–Trinajstić information content (AvgIpc) is 3.11. The maximum absolute atomic E-state index is 14.2. The van der Waals surface area contributed by atoms with Crippen LogP contribution in [0.5, 0.6) is 0 Å². The summed E-state index contributed by atoms with van der Waals surface area (Å²) in [7, 11) is 1.49. The summed E-state index contributed by atoms with van der Waals surface area (Å²) in [6, 6.07) is 2.74. The highest BCUT2D eigenvalue weighted by Gasteiger charge is 2.35. The van der Waals surface area contributed by atoms with Gasteiger partial charge in [0.25, 0.3) is 0 Å². The summed E-state index contributed by atoms with van der Waals surface area (Å²) in [6.07, 6.45) is 0.0702. The minimum Gasteiger partial charge on any atom is -0.391 e. The van der Waals surface area contributed by atoms with E-state index in [0.717, 1.165) is 12.1 Å². The van der Waals surface area contributed by atoms with Crippen molar-refractivity contribution in [1.82, 2.24) is 20.1 Å². The normalized spacial score (nSPS) is 23.0. The van der Waals surface area contributed by atoms with Crippen LogP contribution in [-0.2, 0) is 11.2 Å². The van der Waals surface area contributed by atoms with Crippen molar-refractivity contribution >= 4 is 5.91 Å². The first kappa shape index (κ1) is 17.4. The number of aliphatic hydroxyl groups is 1. The van der Waals surface area contributed by atoms with Crippen molar-refractivity contribution in [2.45, 2.75) is 37.3 Å². The molecule has 1 aliphatic rings. The number of aliphatic hydroxyl groups excluding tert-OH is 1. The third kappa shape index (κ3) is 3.52. The van der Waals surface area contributed by atoms with Gasteiger partial charge in [0.15, 0.2) is 11.6 Å². The fraction of sp³-hybridized carbons (Fsp3) is 0.438. The third-order valence-electron chi connectivity index (χ3n) is 4.35. The minimum atomic E-state index is -0.791. The molecule has 1 aromatic heterocycles. The van der Waals surface area contributed by atoms with Crippen LogP contribution in [0.3, 0.4) is 0 Å². The highest BCUT2D eigenvalue weighted by Crippen LogP contribution is 2.34. The Labute approximate surface area is 142 Å². The van der Waals surface area contributed by atoms with E-state index < -0.39 is 23.8 Å². The van der Waals surface area contributed by atoms with E-state index in [1.807, 2.05) is 0 Å². The Morgan fingerprint density at radius 3 is 2.80 bits per heavy atom. The number of nitrogens with two attached hydrogens (primary N) is 1. The van der Waals surface area contributed by atoms with E-state index in [-0.39, 0.29) is 29.8 Å². The number of rotatable bonds is 4. The van der Waals surface area contributed by atoms with Gasteiger partial charge in [0.05, 0.1) is 12.5 Å². The second-order valence-electron chi connectivity index (χ2n) is 6.14. The molecule has 25 heavy (non-hydrogen) atoms. The molecule has 1 aliphatic carbocycles. The van der Waals surface area contributed by atoms with E-state index in [0.29, 0.717) is 18.7 Å². The van der Waals surface area contributed by atoms with Crippen LogP contribution in [0.1, 0.15) is 30.4 Å². The number of nitrogens with zero attached hydrogens (tertiary/aromatic N) is 3. The van der Waals surface area contributed by atoms with Gasteiger partial charge in [-0.05, 0) is 25.0 Å². The molecule has 0 spiro atoms. The van der Waals surface area contributed by atoms with Gasteiger partial charge in [-0.25, -0.2) is 18.4 Å². The maximum Gasteiger partial charge on any atom is 0.227 e. The summed E-state index contributed by atoms with van der Waals surface area (Å²) in [6.45, 7) is 0. The number of hydrogen-bond donors (Lipinski definition) is 3. The number of hydrogen-bond acceptors (Lipinski definition) is 5. The molecule has 1 fully saturated rings. The smallest absolute Gasteiger partial charge is 0.227 e. The number of aromatic nitrogens is 3. The topological polar surface area (TPSA) is 106 Å². The minimum absolute atomic E-state index is 0.0296. The number of carbonyl (C=O) groups excluding carboxylic acids is 1. The Bertz CT molecular complexity index is 785. The summed E-state index contributed by atoms with van der Waals surface area (Å²) >= 11 is 0. The monoisotopic (exact) mass is 351 g/mol. The van der Waals surface area contributed by atoms with Crippen LogP contribution < -0.4 is 11.1 Å². The first-order chi connectivity index (χ1) is 11.9. The van der Waals surface area contributed by atoms with E-state index in [9.17, 15) is 18.7 Å². The molecule has 9 heteroatoms. The molecule has 134 valence electrons. The first-order valence-electron chi connectivity index (χ1n) is 7.94. The molecule has 2 aromatic rings. The highest BCUT2D eigenvalue weighted by atomic mass is 19.1. The van der Waals surface area contributed by atoms with Crippen LogP contribution in [0.2, 0.25) is 0 Å². The Kier molecular flexibility index (Phi) is 4.78.